The molecule has 0 amide bonds. The van der Waals surface area contributed by atoms with E-state index in [0.717, 1.165) is 77.0 Å². The van der Waals surface area contributed by atoms with Gasteiger partial charge in [0, 0.05) is 0 Å². The molecule has 2 heterocycles. The maximum Gasteiger partial charge on any atom is 0.308 e. The molecular weight excluding hydrogens is 408 g/mol. The molecule has 2 aliphatic heterocycles. The van der Waals surface area contributed by atoms with Crippen molar-refractivity contribution in [2.24, 2.45) is 35.5 Å². The van der Waals surface area contributed by atoms with Gasteiger partial charge in [-0.1, -0.05) is 0 Å². The van der Waals surface area contributed by atoms with E-state index in [4.69, 9.17) is 18.9 Å². The summed E-state index contributed by atoms with van der Waals surface area (Å²) in [5.41, 5.74) is 0. The molecule has 0 N–H and O–H groups in total. The number of epoxide rings is 2. The summed E-state index contributed by atoms with van der Waals surface area (Å²) in [5.74, 6) is 2.20. The molecule has 0 aromatic carbocycles. The maximum atomic E-state index is 12.7. The van der Waals surface area contributed by atoms with E-state index >= 15 is 0 Å². The van der Waals surface area contributed by atoms with E-state index in [2.05, 4.69) is 0 Å². The molecule has 0 bridgehead atoms. The van der Waals surface area contributed by atoms with Crippen molar-refractivity contribution in [2.75, 3.05) is 13.2 Å². The van der Waals surface area contributed by atoms with E-state index in [-0.39, 0.29) is 23.8 Å². The number of fused-ring (bicyclic) bond motifs is 3. The molecule has 6 nitrogen and oxygen atoms in total. The van der Waals surface area contributed by atoms with Gasteiger partial charge in [-0.15, -0.1) is 0 Å². The molecule has 10 atom stereocenters. The van der Waals surface area contributed by atoms with Crippen molar-refractivity contribution in [2.45, 2.75) is 101 Å². The highest BCUT2D eigenvalue weighted by Crippen LogP contribution is 2.46. The Morgan fingerprint density at radius 1 is 0.562 bits per heavy atom. The summed E-state index contributed by atoms with van der Waals surface area (Å²) < 4.78 is 22.7. The Morgan fingerprint density at radius 2 is 1.03 bits per heavy atom. The molecule has 10 unspecified atom stereocenters. The van der Waals surface area contributed by atoms with Gasteiger partial charge in [-0.2, -0.15) is 0 Å². The Kier molecular flexibility index (Phi) is 5.95. The van der Waals surface area contributed by atoms with Crippen molar-refractivity contribution in [3.05, 3.63) is 0 Å². The van der Waals surface area contributed by atoms with Crippen molar-refractivity contribution in [3.63, 3.8) is 0 Å². The molecule has 178 valence electrons. The highest BCUT2D eigenvalue weighted by atomic mass is 16.6. The van der Waals surface area contributed by atoms with E-state index in [0.29, 0.717) is 61.3 Å². The van der Waals surface area contributed by atoms with Gasteiger partial charge in [0.1, 0.15) is 0 Å². The normalized spacial score (nSPS) is 46.8. The Morgan fingerprint density at radius 3 is 1.47 bits per heavy atom. The van der Waals surface area contributed by atoms with Gasteiger partial charge in [0.2, 0.25) is 0 Å². The average molecular weight is 447 g/mol. The lowest BCUT2D eigenvalue weighted by molar-refractivity contribution is -0.156. The number of rotatable bonds is 6. The maximum absolute atomic E-state index is 12.7. The van der Waals surface area contributed by atoms with Gasteiger partial charge in [-0.05, 0) is 101 Å². The van der Waals surface area contributed by atoms with Crippen LogP contribution in [-0.2, 0) is 28.5 Å². The van der Waals surface area contributed by atoms with Gasteiger partial charge in [0.25, 0.3) is 0 Å². The van der Waals surface area contributed by atoms with Crippen LogP contribution in [0, 0.1) is 35.5 Å². The number of esters is 2. The van der Waals surface area contributed by atoms with Crippen LogP contribution < -0.4 is 0 Å². The Labute approximate surface area is 191 Å². The molecule has 4 aliphatic carbocycles. The lowest BCUT2D eigenvalue weighted by Crippen LogP contribution is -2.37. The van der Waals surface area contributed by atoms with Crippen LogP contribution in [0.2, 0.25) is 0 Å². The Balaban J connectivity index is 0.914. The fourth-order valence-electron chi connectivity index (χ4n) is 7.23. The van der Waals surface area contributed by atoms with E-state index in [1.54, 1.807) is 0 Å². The largest absolute Gasteiger partial charge is 0.465 e. The number of hydrogen-bond acceptors (Lipinski definition) is 6. The Bertz CT molecular complexity index is 663. The highest BCUT2D eigenvalue weighted by molar-refractivity contribution is 5.73. The lowest BCUT2D eigenvalue weighted by Gasteiger charge is -2.41. The lowest BCUT2D eigenvalue weighted by atomic mass is 9.65. The van der Waals surface area contributed by atoms with Crippen LogP contribution in [-0.4, -0.2) is 49.6 Å². The average Bonchev–Trinajstić information content (AvgIpc) is 3.74. The number of ether oxygens (including phenoxy) is 4. The Hall–Kier alpha value is -1.14. The van der Waals surface area contributed by atoms with Gasteiger partial charge in [-0.25, -0.2) is 0 Å². The molecule has 32 heavy (non-hydrogen) atoms. The molecule has 4 saturated carbocycles. The zero-order valence-electron chi connectivity index (χ0n) is 19.1. The quantitative estimate of drug-likeness (QED) is 0.453. The van der Waals surface area contributed by atoms with Gasteiger partial charge in [0.05, 0.1) is 49.5 Å². The third-order valence-electron chi connectivity index (χ3n) is 9.43. The molecule has 6 aliphatic rings. The van der Waals surface area contributed by atoms with Crippen molar-refractivity contribution in [1.29, 1.82) is 0 Å². The van der Waals surface area contributed by atoms with Crippen LogP contribution in [0.3, 0.4) is 0 Å². The SMILES string of the molecule is O=C(OCC1CCC2OC2C1)C1CCC2CC(C(=O)OCC3CCC4OC4C3)CCC2C1. The third-order valence-corrected chi connectivity index (χ3v) is 9.43. The first kappa shape index (κ1) is 21.4. The van der Waals surface area contributed by atoms with Gasteiger partial charge in [0.15, 0.2) is 0 Å². The second-order valence-corrected chi connectivity index (χ2v) is 11.6. The van der Waals surface area contributed by atoms with E-state index in [9.17, 15) is 9.59 Å². The van der Waals surface area contributed by atoms with Crippen LogP contribution in [0.15, 0.2) is 0 Å². The molecule has 0 aromatic heterocycles. The van der Waals surface area contributed by atoms with Crippen molar-refractivity contribution in [3.8, 4) is 0 Å². The summed E-state index contributed by atoms with van der Waals surface area (Å²) in [6.45, 7) is 1.14. The fourth-order valence-corrected chi connectivity index (χ4v) is 7.23. The van der Waals surface area contributed by atoms with Gasteiger partial charge in [-0.3, -0.25) is 9.59 Å². The van der Waals surface area contributed by atoms with E-state index < -0.39 is 0 Å². The van der Waals surface area contributed by atoms with Crippen LogP contribution in [0.5, 0.6) is 0 Å². The second kappa shape index (κ2) is 8.90. The number of carbonyl (C=O) groups excluding carboxylic acids is 2. The standard InChI is InChI=1S/C26H38O6/c27-25(29-13-15-1-7-21-23(9-15)31-21)19-5-3-18-12-20(6-4-17(18)11-19)26(28)30-14-16-2-8-22-24(10-16)32-22/h15-24H,1-14H2. The minimum Gasteiger partial charge on any atom is -0.465 e. The van der Waals surface area contributed by atoms with Gasteiger partial charge < -0.3 is 18.9 Å². The molecule has 2 saturated heterocycles. The smallest absolute Gasteiger partial charge is 0.308 e. The molecule has 6 rings (SSSR count). The molecule has 0 aromatic rings. The minimum absolute atomic E-state index is 0.0122. The molecule has 6 heteroatoms. The van der Waals surface area contributed by atoms with Crippen LogP contribution in [0.25, 0.3) is 0 Å². The van der Waals surface area contributed by atoms with Crippen molar-refractivity contribution in [1.82, 2.24) is 0 Å². The molecule has 0 radical (unpaired) electrons. The first-order chi connectivity index (χ1) is 15.6. The van der Waals surface area contributed by atoms with E-state index in [1.807, 2.05) is 0 Å². The zero-order chi connectivity index (χ0) is 21.7. The minimum atomic E-state index is 0.0122. The second-order valence-electron chi connectivity index (χ2n) is 11.6. The third kappa shape index (κ3) is 4.72. The van der Waals surface area contributed by atoms with Crippen LogP contribution in [0.1, 0.15) is 77.0 Å². The number of hydrogen-bond donors (Lipinski definition) is 0. The predicted molar refractivity (Wildman–Crippen MR) is 116 cm³/mol. The monoisotopic (exact) mass is 446 g/mol. The zero-order valence-corrected chi connectivity index (χ0v) is 19.1. The van der Waals surface area contributed by atoms with Crippen molar-refractivity contribution >= 4 is 11.9 Å². The first-order valence-electron chi connectivity index (χ1n) is 13.3. The highest BCUT2D eigenvalue weighted by Gasteiger charge is 2.46. The summed E-state index contributed by atoms with van der Waals surface area (Å²) in [7, 11) is 0. The summed E-state index contributed by atoms with van der Waals surface area (Å²) >= 11 is 0. The van der Waals surface area contributed by atoms with Crippen LogP contribution in [0.4, 0.5) is 0 Å². The summed E-state index contributed by atoms with van der Waals surface area (Å²) in [5, 5.41) is 0. The fraction of sp³-hybridized carbons (Fsp3) is 0.923. The predicted octanol–water partition coefficient (Wildman–Crippen LogP) is 4.04. The number of carbonyl (C=O) groups is 2. The van der Waals surface area contributed by atoms with Crippen LogP contribution >= 0.6 is 0 Å². The first-order valence-corrected chi connectivity index (χ1v) is 13.3. The molecule has 0 spiro atoms. The molecule has 6 fully saturated rings. The summed E-state index contributed by atoms with van der Waals surface area (Å²) in [4.78, 5) is 25.4. The van der Waals surface area contributed by atoms with Gasteiger partial charge >= 0.3 is 11.9 Å². The molecular formula is C26H38O6. The van der Waals surface area contributed by atoms with Crippen molar-refractivity contribution < 1.29 is 28.5 Å². The summed E-state index contributed by atoms with van der Waals surface area (Å²) in [6.07, 6.45) is 14.2. The topological polar surface area (TPSA) is 77.7 Å². The summed E-state index contributed by atoms with van der Waals surface area (Å²) in [6, 6.07) is 0. The van der Waals surface area contributed by atoms with E-state index in [1.165, 1.54) is 0 Å².